The third kappa shape index (κ3) is 5.37. The monoisotopic (exact) mass is 416 g/mol. The van der Waals surface area contributed by atoms with Gasteiger partial charge in [0, 0.05) is 17.5 Å². The Balaban J connectivity index is 1.26. The van der Waals surface area contributed by atoms with Crippen molar-refractivity contribution in [2.45, 2.75) is 64.0 Å². The maximum absolute atomic E-state index is 12.7. The molecular formula is C22H29ClN4O2. The lowest BCUT2D eigenvalue weighted by atomic mass is 9.95. The molecule has 4 rings (SSSR count). The van der Waals surface area contributed by atoms with Gasteiger partial charge in [-0.15, -0.1) is 0 Å². The molecule has 1 aliphatic carbocycles. The van der Waals surface area contributed by atoms with E-state index < -0.39 is 0 Å². The summed E-state index contributed by atoms with van der Waals surface area (Å²) < 4.78 is 5.42. The molecule has 2 aromatic rings. The van der Waals surface area contributed by atoms with Crippen molar-refractivity contribution >= 4 is 17.5 Å². The number of hydrogen-bond acceptors (Lipinski definition) is 5. The van der Waals surface area contributed by atoms with Crippen molar-refractivity contribution in [1.82, 2.24) is 20.4 Å². The molecule has 1 saturated carbocycles. The number of benzene rings is 1. The summed E-state index contributed by atoms with van der Waals surface area (Å²) in [5.74, 6) is 1.47. The first-order valence-corrected chi connectivity index (χ1v) is 11.2. The number of carbonyl (C=O) groups excluding carboxylic acids is 1. The van der Waals surface area contributed by atoms with Gasteiger partial charge < -0.3 is 9.84 Å². The number of hydrogen-bond donors (Lipinski definition) is 1. The van der Waals surface area contributed by atoms with E-state index in [-0.39, 0.29) is 11.8 Å². The molecule has 0 unspecified atom stereocenters. The van der Waals surface area contributed by atoms with Crippen LogP contribution in [0.2, 0.25) is 5.02 Å². The van der Waals surface area contributed by atoms with Gasteiger partial charge in [-0.25, -0.2) is 0 Å². The van der Waals surface area contributed by atoms with Crippen molar-refractivity contribution in [1.29, 1.82) is 0 Å². The first kappa shape index (κ1) is 20.4. The highest BCUT2D eigenvalue weighted by Crippen LogP contribution is 2.26. The molecule has 6 nitrogen and oxygen atoms in total. The minimum atomic E-state index is 0.121. The first-order chi connectivity index (χ1) is 14.2. The van der Waals surface area contributed by atoms with E-state index in [0.717, 1.165) is 44.3 Å². The molecule has 156 valence electrons. The van der Waals surface area contributed by atoms with E-state index in [4.69, 9.17) is 16.1 Å². The number of halogens is 1. The number of aromatic nitrogens is 2. The lowest BCUT2D eigenvalue weighted by Crippen LogP contribution is -2.43. The van der Waals surface area contributed by atoms with E-state index >= 15 is 0 Å². The van der Waals surface area contributed by atoms with Crippen molar-refractivity contribution in [2.24, 2.45) is 5.92 Å². The number of nitrogens with one attached hydrogen (secondary N) is 1. The Morgan fingerprint density at radius 1 is 1.10 bits per heavy atom. The van der Waals surface area contributed by atoms with Gasteiger partial charge in [0.25, 0.3) is 0 Å². The standard InChI is InChI=1S/C22H29ClN4O2/c23-19-10-6-5-9-18(19)21-25-20(29-26-21)15-27-13-11-16(12-14-27)22(28)24-17-7-3-1-2-4-8-17/h5-6,9-10,16-17H,1-4,7-8,11-15H2,(H,24,28). The fourth-order valence-corrected chi connectivity index (χ4v) is 4.58. The van der Waals surface area contributed by atoms with E-state index in [9.17, 15) is 4.79 Å². The molecule has 2 fully saturated rings. The molecule has 1 aromatic carbocycles. The smallest absolute Gasteiger partial charge is 0.241 e. The zero-order chi connectivity index (χ0) is 20.1. The zero-order valence-electron chi connectivity index (χ0n) is 16.8. The number of carbonyl (C=O) groups is 1. The highest BCUT2D eigenvalue weighted by Gasteiger charge is 2.27. The fraction of sp³-hybridized carbons (Fsp3) is 0.591. The van der Waals surface area contributed by atoms with Crippen molar-refractivity contribution in [3.63, 3.8) is 0 Å². The van der Waals surface area contributed by atoms with E-state index in [1.165, 1.54) is 25.7 Å². The number of rotatable bonds is 5. The Labute approximate surface area is 177 Å². The number of nitrogens with zero attached hydrogens (tertiary/aromatic N) is 3. The molecule has 1 amide bonds. The highest BCUT2D eigenvalue weighted by atomic mass is 35.5. The van der Waals surface area contributed by atoms with Gasteiger partial charge >= 0.3 is 0 Å². The van der Waals surface area contributed by atoms with Crippen molar-refractivity contribution in [3.05, 3.63) is 35.2 Å². The second-order valence-corrected chi connectivity index (χ2v) is 8.65. The molecule has 0 bridgehead atoms. The third-order valence-corrected chi connectivity index (χ3v) is 6.43. The zero-order valence-corrected chi connectivity index (χ0v) is 17.5. The molecule has 0 atom stereocenters. The molecule has 0 radical (unpaired) electrons. The summed E-state index contributed by atoms with van der Waals surface area (Å²) >= 11 is 6.21. The summed E-state index contributed by atoms with van der Waals surface area (Å²) in [6, 6.07) is 7.86. The summed E-state index contributed by atoms with van der Waals surface area (Å²) in [5.41, 5.74) is 0.776. The van der Waals surface area contributed by atoms with Crippen LogP contribution in [-0.4, -0.2) is 40.1 Å². The van der Waals surface area contributed by atoms with E-state index in [0.29, 0.717) is 29.3 Å². The van der Waals surface area contributed by atoms with Gasteiger partial charge in [0.05, 0.1) is 11.6 Å². The van der Waals surface area contributed by atoms with Gasteiger partial charge in [-0.3, -0.25) is 9.69 Å². The van der Waals surface area contributed by atoms with E-state index in [1.807, 2.05) is 24.3 Å². The second-order valence-electron chi connectivity index (χ2n) is 8.24. The Bertz CT molecular complexity index is 809. The quantitative estimate of drug-likeness (QED) is 0.729. The lowest BCUT2D eigenvalue weighted by molar-refractivity contribution is -0.127. The Morgan fingerprint density at radius 2 is 1.83 bits per heavy atom. The van der Waals surface area contributed by atoms with Crippen LogP contribution in [0.3, 0.4) is 0 Å². The summed E-state index contributed by atoms with van der Waals surface area (Å²) in [6.45, 7) is 2.34. The van der Waals surface area contributed by atoms with E-state index in [1.54, 1.807) is 0 Å². The summed E-state index contributed by atoms with van der Waals surface area (Å²) in [5, 5.41) is 7.99. The molecule has 2 aliphatic rings. The molecule has 29 heavy (non-hydrogen) atoms. The summed E-state index contributed by atoms with van der Waals surface area (Å²) in [6.07, 6.45) is 9.11. The van der Waals surface area contributed by atoms with Gasteiger partial charge in [-0.1, -0.05) is 54.6 Å². The average molecular weight is 417 g/mol. The average Bonchev–Trinajstić information content (AvgIpc) is 3.03. The molecular weight excluding hydrogens is 388 g/mol. The summed E-state index contributed by atoms with van der Waals surface area (Å²) in [7, 11) is 0. The van der Waals surface area contributed by atoms with Crippen LogP contribution < -0.4 is 5.32 Å². The van der Waals surface area contributed by atoms with Crippen LogP contribution in [0.1, 0.15) is 57.3 Å². The predicted molar refractivity (Wildman–Crippen MR) is 112 cm³/mol. The molecule has 2 heterocycles. The molecule has 1 aliphatic heterocycles. The van der Waals surface area contributed by atoms with Crippen LogP contribution in [-0.2, 0) is 11.3 Å². The minimum Gasteiger partial charge on any atom is -0.353 e. The van der Waals surface area contributed by atoms with Crippen LogP contribution in [0.4, 0.5) is 0 Å². The molecule has 0 spiro atoms. The van der Waals surface area contributed by atoms with Gasteiger partial charge in [-0.05, 0) is 50.9 Å². The first-order valence-electron chi connectivity index (χ1n) is 10.8. The normalized spacial score (nSPS) is 19.8. The molecule has 7 heteroatoms. The van der Waals surface area contributed by atoms with Crippen molar-refractivity contribution in [2.75, 3.05) is 13.1 Å². The Kier molecular flexibility index (Phi) is 6.82. The van der Waals surface area contributed by atoms with Crippen LogP contribution in [0.15, 0.2) is 28.8 Å². The fourth-order valence-electron chi connectivity index (χ4n) is 4.36. The third-order valence-electron chi connectivity index (χ3n) is 6.10. The van der Waals surface area contributed by atoms with Gasteiger partial charge in [-0.2, -0.15) is 4.98 Å². The highest BCUT2D eigenvalue weighted by molar-refractivity contribution is 6.33. The number of piperidine rings is 1. The predicted octanol–water partition coefficient (Wildman–Crippen LogP) is 4.44. The maximum atomic E-state index is 12.7. The molecule has 1 aromatic heterocycles. The molecule has 1 N–H and O–H groups in total. The SMILES string of the molecule is O=C(NC1CCCCCC1)C1CCN(Cc2nc(-c3ccccc3Cl)no2)CC1. The Hall–Kier alpha value is -1.92. The number of amides is 1. The topological polar surface area (TPSA) is 71.3 Å². The van der Waals surface area contributed by atoms with Crippen molar-refractivity contribution < 1.29 is 9.32 Å². The van der Waals surface area contributed by atoms with Gasteiger partial charge in [0.1, 0.15) is 0 Å². The lowest BCUT2D eigenvalue weighted by Gasteiger charge is -2.31. The summed E-state index contributed by atoms with van der Waals surface area (Å²) in [4.78, 5) is 19.4. The second kappa shape index (κ2) is 9.72. The van der Waals surface area contributed by atoms with Crippen LogP contribution >= 0.6 is 11.6 Å². The van der Waals surface area contributed by atoms with Gasteiger partial charge in [0.2, 0.25) is 17.6 Å². The largest absolute Gasteiger partial charge is 0.353 e. The van der Waals surface area contributed by atoms with Crippen molar-refractivity contribution in [3.8, 4) is 11.4 Å². The van der Waals surface area contributed by atoms with Crippen LogP contribution in [0.5, 0.6) is 0 Å². The van der Waals surface area contributed by atoms with E-state index in [2.05, 4.69) is 20.4 Å². The van der Waals surface area contributed by atoms with Crippen LogP contribution in [0, 0.1) is 5.92 Å². The van der Waals surface area contributed by atoms with Gasteiger partial charge in [0.15, 0.2) is 0 Å². The van der Waals surface area contributed by atoms with Crippen LogP contribution in [0.25, 0.3) is 11.4 Å². The minimum absolute atomic E-state index is 0.121. The maximum Gasteiger partial charge on any atom is 0.241 e. The Morgan fingerprint density at radius 3 is 2.55 bits per heavy atom. The molecule has 1 saturated heterocycles. The number of likely N-dealkylation sites (tertiary alicyclic amines) is 1.